The third-order valence-corrected chi connectivity index (χ3v) is 7.40. The van der Waals surface area contributed by atoms with E-state index >= 15 is 0 Å². The number of phenolic OH excluding ortho intramolecular Hbond substituents is 1. The van der Waals surface area contributed by atoms with E-state index in [0.29, 0.717) is 44.3 Å². The lowest BCUT2D eigenvalue weighted by Gasteiger charge is -2.12. The first-order valence-corrected chi connectivity index (χ1v) is 13.7. The lowest BCUT2D eigenvalue weighted by molar-refractivity contribution is 0.356. The van der Waals surface area contributed by atoms with Gasteiger partial charge in [0.05, 0.1) is 34.0 Å². The molecule has 0 amide bonds. The standard InChI is InChI=1S/C29H23NO11S/c1-36-20-10-15(5-6-18(20)31)25-26-17-12-23(39-4)24(41-42(33,34)35)13-19(17)40-29(32)28(26)30-8-7-14-9-21(37-2)22(38-3)11-16(14)27(25)30/h5-13,31H,1-4H3,(H,33,34,35). The van der Waals surface area contributed by atoms with E-state index in [9.17, 15) is 22.9 Å². The molecule has 3 aromatic heterocycles. The summed E-state index contributed by atoms with van der Waals surface area (Å²) in [5.74, 6) is 0.670. The van der Waals surface area contributed by atoms with E-state index in [4.69, 9.17) is 23.4 Å². The first-order chi connectivity index (χ1) is 20.1. The van der Waals surface area contributed by atoms with Gasteiger partial charge in [0, 0.05) is 34.0 Å². The van der Waals surface area contributed by atoms with E-state index in [1.54, 1.807) is 28.8 Å². The first kappa shape index (κ1) is 27.1. The molecule has 12 nitrogen and oxygen atoms in total. The number of rotatable bonds is 7. The van der Waals surface area contributed by atoms with Gasteiger partial charge in [0.15, 0.2) is 34.5 Å². The van der Waals surface area contributed by atoms with E-state index in [1.165, 1.54) is 40.6 Å². The predicted molar refractivity (Wildman–Crippen MR) is 154 cm³/mol. The van der Waals surface area contributed by atoms with Gasteiger partial charge in [-0.3, -0.25) is 4.55 Å². The summed E-state index contributed by atoms with van der Waals surface area (Å²) in [5.41, 5.74) is 1.19. The summed E-state index contributed by atoms with van der Waals surface area (Å²) in [4.78, 5) is 13.6. The maximum atomic E-state index is 13.6. The van der Waals surface area contributed by atoms with Crippen molar-refractivity contribution in [1.29, 1.82) is 0 Å². The van der Waals surface area contributed by atoms with E-state index in [0.717, 1.165) is 11.5 Å². The number of benzene rings is 3. The third kappa shape index (κ3) is 4.17. The predicted octanol–water partition coefficient (Wildman–Crippen LogP) is 4.94. The molecule has 3 aromatic carbocycles. The molecule has 0 radical (unpaired) electrons. The highest BCUT2D eigenvalue weighted by Crippen LogP contribution is 2.46. The molecule has 0 spiro atoms. The van der Waals surface area contributed by atoms with Gasteiger partial charge in [0.25, 0.3) is 0 Å². The molecule has 42 heavy (non-hydrogen) atoms. The summed E-state index contributed by atoms with van der Waals surface area (Å²) in [6.45, 7) is 0. The van der Waals surface area contributed by atoms with Crippen molar-refractivity contribution in [2.75, 3.05) is 28.4 Å². The maximum Gasteiger partial charge on any atom is 0.446 e. The van der Waals surface area contributed by atoms with Gasteiger partial charge in [0.2, 0.25) is 0 Å². The Morgan fingerprint density at radius 3 is 2.07 bits per heavy atom. The number of hydrogen-bond donors (Lipinski definition) is 2. The van der Waals surface area contributed by atoms with Crippen molar-refractivity contribution in [3.05, 3.63) is 65.1 Å². The average molecular weight is 594 g/mol. The van der Waals surface area contributed by atoms with Gasteiger partial charge in [-0.15, -0.1) is 0 Å². The highest BCUT2D eigenvalue weighted by atomic mass is 32.3. The molecular formula is C29H23NO11S. The largest absolute Gasteiger partial charge is 0.504 e. The lowest BCUT2D eigenvalue weighted by atomic mass is 9.98. The number of pyridine rings is 1. The normalized spacial score (nSPS) is 11.8. The summed E-state index contributed by atoms with van der Waals surface area (Å²) in [6, 6.07) is 12.8. The van der Waals surface area contributed by atoms with Gasteiger partial charge in [-0.05, 0) is 47.3 Å². The third-order valence-electron chi connectivity index (χ3n) is 7.01. The first-order valence-electron chi connectivity index (χ1n) is 12.3. The average Bonchev–Trinajstić information content (AvgIpc) is 3.32. The van der Waals surface area contributed by atoms with Gasteiger partial charge in [0.1, 0.15) is 11.1 Å². The molecular weight excluding hydrogens is 570 g/mol. The van der Waals surface area contributed by atoms with E-state index in [1.807, 2.05) is 12.1 Å². The monoisotopic (exact) mass is 593 g/mol. The molecule has 0 unspecified atom stereocenters. The Morgan fingerprint density at radius 2 is 1.40 bits per heavy atom. The number of aromatic nitrogens is 1. The van der Waals surface area contributed by atoms with Gasteiger partial charge in [-0.2, -0.15) is 8.42 Å². The Labute approximate surface area is 237 Å². The van der Waals surface area contributed by atoms with Crippen LogP contribution in [0.3, 0.4) is 0 Å². The Kier molecular flexibility index (Phi) is 6.28. The van der Waals surface area contributed by atoms with Gasteiger partial charge in [-0.1, -0.05) is 6.07 Å². The van der Waals surface area contributed by atoms with Crippen LogP contribution in [0, 0.1) is 0 Å². The number of aromatic hydroxyl groups is 1. The molecule has 6 rings (SSSR count). The molecule has 0 bridgehead atoms. The smallest absolute Gasteiger partial charge is 0.446 e. The topological polar surface area (TPSA) is 155 Å². The molecule has 2 N–H and O–H groups in total. The quantitative estimate of drug-likeness (QED) is 0.191. The minimum atomic E-state index is -4.91. The van der Waals surface area contributed by atoms with Crippen LogP contribution in [0.5, 0.6) is 34.5 Å². The molecule has 0 fully saturated rings. The molecule has 0 atom stereocenters. The van der Waals surface area contributed by atoms with Crippen molar-refractivity contribution < 1.29 is 45.6 Å². The Hall–Kier alpha value is -5.14. The van der Waals surface area contributed by atoms with Crippen molar-refractivity contribution in [1.82, 2.24) is 4.40 Å². The van der Waals surface area contributed by atoms with Crippen LogP contribution in [-0.2, 0) is 10.4 Å². The van der Waals surface area contributed by atoms with Crippen molar-refractivity contribution in [2.24, 2.45) is 0 Å². The van der Waals surface area contributed by atoms with Crippen LogP contribution >= 0.6 is 0 Å². The van der Waals surface area contributed by atoms with Crippen molar-refractivity contribution in [2.45, 2.75) is 0 Å². The zero-order chi connectivity index (χ0) is 29.9. The number of fused-ring (bicyclic) bond motifs is 7. The molecule has 6 aromatic rings. The van der Waals surface area contributed by atoms with E-state index < -0.39 is 16.0 Å². The van der Waals surface area contributed by atoms with Crippen LogP contribution in [0.1, 0.15) is 0 Å². The Morgan fingerprint density at radius 1 is 0.762 bits per heavy atom. The fourth-order valence-corrected chi connectivity index (χ4v) is 5.64. The van der Waals surface area contributed by atoms with Crippen LogP contribution in [0.25, 0.3) is 49.3 Å². The SMILES string of the molecule is COc1cc(-c2c3c4cc(OC)c(OS(=O)(=O)O)cc4oc(=O)c3n3ccc4cc(OC)c(OC)cc4c23)ccc1O. The summed E-state index contributed by atoms with van der Waals surface area (Å²) < 4.78 is 66.1. The number of phenols is 1. The molecule has 0 saturated carbocycles. The van der Waals surface area contributed by atoms with Crippen LogP contribution in [0.2, 0.25) is 0 Å². The lowest BCUT2D eigenvalue weighted by Crippen LogP contribution is -2.08. The van der Waals surface area contributed by atoms with Gasteiger partial charge < -0.3 is 37.1 Å². The van der Waals surface area contributed by atoms with Crippen LogP contribution < -0.4 is 28.8 Å². The second-order valence-corrected chi connectivity index (χ2v) is 10.2. The molecule has 0 saturated heterocycles. The molecule has 13 heteroatoms. The summed E-state index contributed by atoms with van der Waals surface area (Å²) in [7, 11) is 0.857. The van der Waals surface area contributed by atoms with Crippen molar-refractivity contribution in [3.63, 3.8) is 0 Å². The highest BCUT2D eigenvalue weighted by Gasteiger charge is 2.25. The number of hydrogen-bond acceptors (Lipinski definition) is 10. The number of ether oxygens (including phenoxy) is 4. The summed E-state index contributed by atoms with van der Waals surface area (Å²) in [5, 5.41) is 12.6. The van der Waals surface area contributed by atoms with E-state index in [2.05, 4.69) is 4.18 Å². The molecule has 0 aliphatic heterocycles. The molecule has 216 valence electrons. The van der Waals surface area contributed by atoms with Gasteiger partial charge in [-0.25, -0.2) is 4.79 Å². The zero-order valence-corrected chi connectivity index (χ0v) is 23.4. The van der Waals surface area contributed by atoms with E-state index in [-0.39, 0.29) is 34.1 Å². The highest BCUT2D eigenvalue weighted by molar-refractivity contribution is 7.81. The zero-order valence-electron chi connectivity index (χ0n) is 22.6. The van der Waals surface area contributed by atoms with Crippen molar-refractivity contribution >= 4 is 48.6 Å². The number of methoxy groups -OCH3 is 4. The second kappa shape index (κ2) is 9.75. The van der Waals surface area contributed by atoms with Crippen LogP contribution in [0.4, 0.5) is 0 Å². The summed E-state index contributed by atoms with van der Waals surface area (Å²) >= 11 is 0. The van der Waals surface area contributed by atoms with Crippen LogP contribution in [0.15, 0.2) is 63.9 Å². The summed E-state index contributed by atoms with van der Waals surface area (Å²) in [6.07, 6.45) is 1.73. The van der Waals surface area contributed by atoms with Gasteiger partial charge >= 0.3 is 16.0 Å². The van der Waals surface area contributed by atoms with Crippen LogP contribution in [-0.4, -0.2) is 50.9 Å². The molecule has 0 aliphatic rings. The minimum absolute atomic E-state index is 0.0293. The number of nitrogens with zero attached hydrogens (tertiary/aromatic N) is 1. The Bertz CT molecular complexity index is 2230. The maximum absolute atomic E-state index is 13.6. The minimum Gasteiger partial charge on any atom is -0.504 e. The fraction of sp³-hybridized carbons (Fsp3) is 0.138. The molecule has 3 heterocycles. The Balaban J connectivity index is 1.88. The molecule has 0 aliphatic carbocycles. The second-order valence-electron chi connectivity index (χ2n) is 9.21. The van der Waals surface area contributed by atoms with Crippen molar-refractivity contribution in [3.8, 4) is 45.6 Å². The fourth-order valence-electron chi connectivity index (χ4n) is 5.28.